The van der Waals surface area contributed by atoms with Crippen LogP contribution in [0.3, 0.4) is 0 Å². The van der Waals surface area contributed by atoms with Gasteiger partial charge >= 0.3 is 42.1 Å². The van der Waals surface area contributed by atoms with Gasteiger partial charge in [0.15, 0.2) is 0 Å². The zero-order valence-electron chi connectivity index (χ0n) is 10.5. The van der Waals surface area contributed by atoms with E-state index in [2.05, 4.69) is 60.6 Å². The van der Waals surface area contributed by atoms with Crippen LogP contribution in [-0.2, 0) is 25.3 Å². The van der Waals surface area contributed by atoms with Crippen molar-refractivity contribution < 1.29 is 0 Å². The molecule has 0 radical (unpaired) electrons. The van der Waals surface area contributed by atoms with Crippen LogP contribution < -0.4 is 0 Å². The molecule has 0 aliphatic carbocycles. The van der Waals surface area contributed by atoms with Gasteiger partial charge in [-0.15, -0.1) is 0 Å². The Kier molecular flexibility index (Phi) is 21.1. The van der Waals surface area contributed by atoms with Gasteiger partial charge in [0.05, 0.1) is 11.4 Å². The van der Waals surface area contributed by atoms with Gasteiger partial charge in [0.1, 0.15) is 0 Å². The minimum Gasteiger partial charge on any atom is -0.255 e. The van der Waals surface area contributed by atoms with Crippen LogP contribution >= 0.6 is 25.4 Å². The Balaban J connectivity index is 0. The summed E-state index contributed by atoms with van der Waals surface area (Å²) in [5.41, 5.74) is 1.83. The molecule has 0 aliphatic rings. The number of rotatable bonds is 1. The minimum absolute atomic E-state index is 0.145. The molecule has 0 saturated heterocycles. The normalized spacial score (nSPS) is 6.67. The summed E-state index contributed by atoms with van der Waals surface area (Å²) in [4.78, 5) is 8.37. The third kappa shape index (κ3) is 15.7. The van der Waals surface area contributed by atoms with Gasteiger partial charge in [-0.25, -0.2) is 10.5 Å². The number of aromatic nitrogens is 2. The Bertz CT molecular complexity index is 483. The van der Waals surface area contributed by atoms with E-state index in [1.54, 1.807) is 12.4 Å². The first kappa shape index (κ1) is 22.8. The molecule has 0 atom stereocenters. The second kappa shape index (κ2) is 19.5. The summed E-state index contributed by atoms with van der Waals surface area (Å²) in [6, 6.07) is 11.6. The molecule has 0 aromatic carbocycles. The monoisotopic (exact) mass is 550 g/mol. The molecule has 0 saturated carbocycles. The first-order chi connectivity index (χ1) is 10.2. The van der Waals surface area contributed by atoms with Gasteiger partial charge in [0.25, 0.3) is 0 Å². The molecule has 0 fully saturated rings. The Morgan fingerprint density at radius 3 is 1.33 bits per heavy atom. The summed E-state index contributed by atoms with van der Waals surface area (Å²) >= 11 is 13.7. The largest absolute Gasteiger partial charge is 0.255 e. The van der Waals surface area contributed by atoms with Gasteiger partial charge < -0.3 is 25.3 Å². The van der Waals surface area contributed by atoms with E-state index >= 15 is 0 Å². The topological polar surface area (TPSA) is 73.4 Å². The molecule has 4 nitrogen and oxygen atoms in total. The number of hydrogen-bond donors (Lipinski definition) is 0. The van der Waals surface area contributed by atoms with Crippen molar-refractivity contribution in [2.75, 3.05) is 0 Å². The second-order valence-corrected chi connectivity index (χ2v) is 15.9. The van der Waals surface area contributed by atoms with Crippen molar-refractivity contribution in [2.24, 2.45) is 0 Å². The predicted octanol–water partition coefficient (Wildman–Crippen LogP) is 3.48. The number of pyridine rings is 2. The third-order valence-corrected chi connectivity index (χ3v) is 1.59. The van der Waals surface area contributed by atoms with Crippen molar-refractivity contribution in [1.29, 1.82) is 10.5 Å². The summed E-state index contributed by atoms with van der Waals surface area (Å²) in [5.74, 6) is 0. The van der Waals surface area contributed by atoms with E-state index < -0.39 is 0 Å². The molecule has 0 aliphatic heterocycles. The molecule has 106 valence electrons. The van der Waals surface area contributed by atoms with E-state index in [1.807, 2.05) is 36.4 Å². The van der Waals surface area contributed by atoms with E-state index in [1.165, 1.54) is 10.8 Å². The third-order valence-electron chi connectivity index (χ3n) is 1.59. The average molecular weight is 551 g/mol. The zero-order valence-corrected chi connectivity index (χ0v) is 18.1. The number of thiocyanates is 2. The molecule has 2 rings (SSSR count). The van der Waals surface area contributed by atoms with E-state index in [0.29, 0.717) is 0 Å². The van der Waals surface area contributed by atoms with E-state index in [9.17, 15) is 0 Å². The predicted molar refractivity (Wildman–Crippen MR) is 97.0 cm³/mol. The number of halogens is 2. The van der Waals surface area contributed by atoms with Gasteiger partial charge in [-0.05, 0) is 24.3 Å². The number of nitrogens with zero attached hydrogens (tertiary/aromatic N) is 4. The van der Waals surface area contributed by atoms with Crippen molar-refractivity contribution in [2.45, 2.75) is 0 Å². The Morgan fingerprint density at radius 1 is 0.857 bits per heavy atom. The molecule has 2 aromatic heterocycles. The summed E-state index contributed by atoms with van der Waals surface area (Å²) < 4.78 is 0. The maximum absolute atomic E-state index is 7.13. The molecule has 0 amide bonds. The average Bonchev–Trinajstić information content (AvgIpc) is 2.51. The molecule has 0 unspecified atom stereocenters. The molecule has 2 aromatic rings. The van der Waals surface area contributed by atoms with Crippen molar-refractivity contribution in [3.8, 4) is 22.2 Å². The summed E-state index contributed by atoms with van der Waals surface area (Å²) in [7, 11) is 0. The molecule has 9 heteroatoms. The number of hydrogen-bond acceptors (Lipinski definition) is 6. The van der Waals surface area contributed by atoms with Crippen LogP contribution in [0, 0.1) is 21.3 Å². The number of nitriles is 2. The van der Waals surface area contributed by atoms with Gasteiger partial charge in [0, 0.05) is 12.4 Å². The van der Waals surface area contributed by atoms with Crippen molar-refractivity contribution in [3.63, 3.8) is 0 Å². The van der Waals surface area contributed by atoms with Gasteiger partial charge in [-0.2, -0.15) is 0 Å². The molecule has 0 N–H and O–H groups in total. The van der Waals surface area contributed by atoms with E-state index in [0.717, 1.165) is 11.4 Å². The van der Waals surface area contributed by atoms with Crippen LogP contribution in [0.25, 0.3) is 11.4 Å². The molecule has 2 heterocycles. The standard InChI is InChI=1S/C10H8N2.2CHNS.2BrH.Sn/c1-3-7-11-9(5-1)10-6-2-4-8-12-10;2*2-1-3;;;/h1-8H;2*3H;2*1H;/q;;;;;+4/p-4. The quantitative estimate of drug-likeness (QED) is 0.308. The van der Waals surface area contributed by atoms with Crippen molar-refractivity contribution in [3.05, 3.63) is 48.8 Å². The maximum Gasteiger partial charge on any atom is 0.0886 e. The molecule has 0 bridgehead atoms. The van der Waals surface area contributed by atoms with Crippen LogP contribution in [0.15, 0.2) is 48.8 Å². The van der Waals surface area contributed by atoms with Crippen LogP contribution in [-0.4, -0.2) is 26.7 Å². The molecule has 21 heavy (non-hydrogen) atoms. The van der Waals surface area contributed by atoms with Gasteiger partial charge in [-0.3, -0.25) is 9.97 Å². The van der Waals surface area contributed by atoms with Crippen LogP contribution in [0.2, 0.25) is 0 Å². The fraction of sp³-hybridized carbons (Fsp3) is 0. The van der Waals surface area contributed by atoms with Crippen LogP contribution in [0.5, 0.6) is 0 Å². The zero-order chi connectivity index (χ0) is 16.3. The van der Waals surface area contributed by atoms with Gasteiger partial charge in [0.2, 0.25) is 0 Å². The van der Waals surface area contributed by atoms with Gasteiger partial charge in [-0.1, -0.05) is 22.9 Å². The van der Waals surface area contributed by atoms with Crippen molar-refractivity contribution in [1.82, 2.24) is 9.97 Å². The first-order valence-electron chi connectivity index (χ1n) is 5.02. The smallest absolute Gasteiger partial charge is 0.0886 e. The summed E-state index contributed by atoms with van der Waals surface area (Å²) in [5, 5.41) is 16.9. The van der Waals surface area contributed by atoms with E-state index in [-0.39, 0.29) is 16.7 Å². The minimum atomic E-state index is -0.145. The molecular formula is C12H8Br2N4S2Sn. The van der Waals surface area contributed by atoms with E-state index in [4.69, 9.17) is 10.5 Å². The summed E-state index contributed by atoms with van der Waals surface area (Å²) in [6.45, 7) is 0. The SMILES string of the molecule is N#C[S-].N#C[S-].[Br][Sn+2][Br].c1ccc(-c2ccccn2)nc1. The Hall–Kier alpha value is -0.521. The fourth-order valence-corrected chi connectivity index (χ4v) is 1.03. The summed E-state index contributed by atoms with van der Waals surface area (Å²) in [6.07, 6.45) is 3.54. The van der Waals surface area contributed by atoms with Crippen LogP contribution in [0.1, 0.15) is 0 Å². The maximum atomic E-state index is 7.13. The Labute approximate surface area is 157 Å². The fourth-order valence-electron chi connectivity index (χ4n) is 1.03. The first-order valence-corrected chi connectivity index (χ1v) is 18.6. The molecular weight excluding hydrogens is 543 g/mol. The Morgan fingerprint density at radius 2 is 1.14 bits per heavy atom. The molecule has 0 spiro atoms. The second-order valence-electron chi connectivity index (χ2n) is 2.68. The van der Waals surface area contributed by atoms with Crippen LogP contribution in [0.4, 0.5) is 0 Å². The van der Waals surface area contributed by atoms with Crippen molar-refractivity contribution >= 4 is 67.4 Å².